The molecule has 2 aliphatic heterocycles. The van der Waals surface area contributed by atoms with E-state index in [1.54, 1.807) is 12.4 Å². The van der Waals surface area contributed by atoms with Crippen molar-refractivity contribution in [2.75, 3.05) is 45.2 Å². The Kier molecular flexibility index (Phi) is 5.72. The van der Waals surface area contributed by atoms with Crippen LogP contribution in [0.15, 0.2) is 79.0 Å². The number of aromatic nitrogens is 3. The highest BCUT2D eigenvalue weighted by molar-refractivity contribution is 5.97. The van der Waals surface area contributed by atoms with Gasteiger partial charge in [0.15, 0.2) is 0 Å². The second-order valence-electron chi connectivity index (χ2n) is 9.49. The maximum Gasteiger partial charge on any atom is 0.0966 e. The van der Waals surface area contributed by atoms with Gasteiger partial charge in [-0.25, -0.2) is 0 Å². The molecule has 35 heavy (non-hydrogen) atoms. The summed E-state index contributed by atoms with van der Waals surface area (Å²) in [7, 11) is 4.23. The van der Waals surface area contributed by atoms with Gasteiger partial charge < -0.3 is 24.4 Å². The molecule has 0 spiro atoms. The lowest BCUT2D eigenvalue weighted by molar-refractivity contribution is -0.0293. The molecule has 0 saturated carbocycles. The molecule has 4 aromatic rings. The van der Waals surface area contributed by atoms with Crippen LogP contribution in [0.2, 0.25) is 0 Å². The molecule has 4 heterocycles. The highest BCUT2D eigenvalue weighted by atomic mass is 16.5. The third-order valence-electron chi connectivity index (χ3n) is 6.83. The molecule has 0 bridgehead atoms. The topological polar surface area (TPSA) is 58.5 Å². The van der Waals surface area contributed by atoms with E-state index >= 15 is 0 Å². The quantitative estimate of drug-likeness (QED) is 0.475. The van der Waals surface area contributed by atoms with E-state index in [0.29, 0.717) is 0 Å². The van der Waals surface area contributed by atoms with E-state index in [1.807, 2.05) is 0 Å². The Bertz CT molecular complexity index is 1440. The van der Waals surface area contributed by atoms with Gasteiger partial charge in [-0.1, -0.05) is 12.1 Å². The second kappa shape index (κ2) is 9.17. The van der Waals surface area contributed by atoms with E-state index in [-0.39, 0.29) is 6.10 Å². The molecule has 0 aliphatic carbocycles. The summed E-state index contributed by atoms with van der Waals surface area (Å²) in [5, 5.41) is 4.88. The van der Waals surface area contributed by atoms with Gasteiger partial charge in [0.2, 0.25) is 0 Å². The van der Waals surface area contributed by atoms with E-state index in [9.17, 15) is 0 Å². The van der Waals surface area contributed by atoms with Crippen LogP contribution in [0.5, 0.6) is 0 Å². The fourth-order valence-corrected chi connectivity index (χ4v) is 5.03. The van der Waals surface area contributed by atoms with Crippen LogP contribution in [-0.4, -0.2) is 70.3 Å². The van der Waals surface area contributed by atoms with Crippen molar-refractivity contribution in [3.05, 3.63) is 79.0 Å². The standard InChI is InChI=1S/C28H30N6O/c1-32-12-13-35-24(18-32)19-34-10-3-4-22(17-34)31-23-15-25(28-26(16-23)29-8-9-30-28)21-6-5-20-7-11-33(2)27(20)14-21/h3-11,14-16,24,31H,12-13,17-19H2,1-2H3. The molecule has 1 fully saturated rings. The fraction of sp³-hybridized carbons (Fsp3) is 0.286. The molecule has 0 amide bonds. The van der Waals surface area contributed by atoms with Gasteiger partial charge >= 0.3 is 0 Å². The summed E-state index contributed by atoms with van der Waals surface area (Å²) in [6, 6.07) is 13.0. The van der Waals surface area contributed by atoms with E-state index in [2.05, 4.69) is 105 Å². The third kappa shape index (κ3) is 4.52. The Labute approximate surface area is 205 Å². The number of morpholine rings is 1. The average Bonchev–Trinajstić information content (AvgIpc) is 3.24. The minimum atomic E-state index is 0.229. The Morgan fingerprint density at radius 3 is 2.91 bits per heavy atom. The first-order valence-corrected chi connectivity index (χ1v) is 12.1. The molecule has 1 saturated heterocycles. The largest absolute Gasteiger partial charge is 0.374 e. The second-order valence-corrected chi connectivity index (χ2v) is 9.49. The van der Waals surface area contributed by atoms with Crippen molar-refractivity contribution in [1.29, 1.82) is 0 Å². The van der Waals surface area contributed by atoms with Crippen LogP contribution < -0.4 is 5.32 Å². The zero-order valence-corrected chi connectivity index (χ0v) is 20.2. The smallest absolute Gasteiger partial charge is 0.0966 e. The van der Waals surface area contributed by atoms with E-state index in [1.165, 1.54) is 10.9 Å². The van der Waals surface area contributed by atoms with E-state index < -0.39 is 0 Å². The van der Waals surface area contributed by atoms with Crippen molar-refractivity contribution in [2.45, 2.75) is 6.10 Å². The molecule has 1 N–H and O–H groups in total. The predicted molar refractivity (Wildman–Crippen MR) is 141 cm³/mol. The molecule has 0 radical (unpaired) electrons. The van der Waals surface area contributed by atoms with Crippen LogP contribution >= 0.6 is 0 Å². The van der Waals surface area contributed by atoms with Crippen LogP contribution in [0.4, 0.5) is 5.69 Å². The number of likely N-dealkylation sites (N-methyl/N-ethyl adjacent to an activating group) is 1. The van der Waals surface area contributed by atoms with Gasteiger partial charge in [-0.2, -0.15) is 0 Å². The molecule has 1 atom stereocenters. The van der Waals surface area contributed by atoms with E-state index in [4.69, 9.17) is 4.74 Å². The number of anilines is 1. The number of nitrogens with one attached hydrogen (secondary N) is 1. The molecular weight excluding hydrogens is 436 g/mol. The number of rotatable bonds is 5. The zero-order valence-electron chi connectivity index (χ0n) is 20.2. The molecule has 7 nitrogen and oxygen atoms in total. The first-order chi connectivity index (χ1) is 17.1. The van der Waals surface area contributed by atoms with Crippen molar-refractivity contribution in [3.8, 4) is 11.1 Å². The summed E-state index contributed by atoms with van der Waals surface area (Å²) in [6.07, 6.45) is 12.2. The lowest BCUT2D eigenvalue weighted by Gasteiger charge is -2.34. The average molecular weight is 467 g/mol. The Morgan fingerprint density at radius 2 is 2.00 bits per heavy atom. The van der Waals surface area contributed by atoms with Gasteiger partial charge in [-0.05, 0) is 60.6 Å². The summed E-state index contributed by atoms with van der Waals surface area (Å²) in [5.41, 5.74) is 7.34. The lowest BCUT2D eigenvalue weighted by Crippen LogP contribution is -2.45. The zero-order chi connectivity index (χ0) is 23.8. The van der Waals surface area contributed by atoms with Crippen molar-refractivity contribution in [1.82, 2.24) is 24.3 Å². The van der Waals surface area contributed by atoms with Crippen LogP contribution in [0.25, 0.3) is 33.1 Å². The van der Waals surface area contributed by atoms with Crippen LogP contribution in [-0.2, 0) is 11.8 Å². The summed E-state index contributed by atoms with van der Waals surface area (Å²) >= 11 is 0. The number of ether oxygens (including phenoxy) is 1. The van der Waals surface area contributed by atoms with Crippen molar-refractivity contribution < 1.29 is 4.74 Å². The SMILES string of the molecule is CN1CCOC(CN2C=CC=C(Nc3cc(-c4ccc5ccn(C)c5c4)c4nccnc4c3)C2)C1. The summed E-state index contributed by atoms with van der Waals surface area (Å²) in [5.74, 6) is 0. The molecule has 2 aromatic heterocycles. The molecular formula is C28H30N6O. The number of hydrogen-bond donors (Lipinski definition) is 1. The Morgan fingerprint density at radius 1 is 1.09 bits per heavy atom. The molecule has 2 aromatic carbocycles. The minimum absolute atomic E-state index is 0.229. The van der Waals surface area contributed by atoms with Gasteiger partial charge in [-0.15, -0.1) is 0 Å². The van der Waals surface area contributed by atoms with Gasteiger partial charge in [0.05, 0.1) is 30.3 Å². The number of benzene rings is 2. The van der Waals surface area contributed by atoms with Gasteiger partial charge in [0, 0.05) is 67.7 Å². The maximum absolute atomic E-state index is 5.98. The van der Waals surface area contributed by atoms with Gasteiger partial charge in [-0.3, -0.25) is 9.97 Å². The molecule has 6 rings (SSSR count). The number of allylic oxidation sites excluding steroid dienone is 2. The summed E-state index contributed by atoms with van der Waals surface area (Å²) in [6.45, 7) is 4.46. The van der Waals surface area contributed by atoms with Gasteiger partial charge in [0.1, 0.15) is 0 Å². The van der Waals surface area contributed by atoms with Crippen molar-refractivity contribution >= 4 is 27.6 Å². The normalized spacial score (nSPS) is 18.9. The summed E-state index contributed by atoms with van der Waals surface area (Å²) < 4.78 is 8.13. The van der Waals surface area contributed by atoms with E-state index in [0.717, 1.165) is 66.3 Å². The van der Waals surface area contributed by atoms with Crippen molar-refractivity contribution in [3.63, 3.8) is 0 Å². The number of nitrogens with zero attached hydrogens (tertiary/aromatic N) is 5. The monoisotopic (exact) mass is 466 g/mol. The third-order valence-corrected chi connectivity index (χ3v) is 6.83. The Balaban J connectivity index is 1.27. The highest BCUT2D eigenvalue weighted by Crippen LogP contribution is 2.32. The molecule has 2 aliphatic rings. The molecule has 7 heteroatoms. The fourth-order valence-electron chi connectivity index (χ4n) is 5.03. The van der Waals surface area contributed by atoms with Gasteiger partial charge in [0.25, 0.3) is 0 Å². The van der Waals surface area contributed by atoms with Crippen molar-refractivity contribution in [2.24, 2.45) is 7.05 Å². The predicted octanol–water partition coefficient (Wildman–Crippen LogP) is 4.24. The lowest BCUT2D eigenvalue weighted by atomic mass is 10.0. The number of aryl methyl sites for hydroxylation is 1. The minimum Gasteiger partial charge on any atom is -0.374 e. The maximum atomic E-state index is 5.98. The number of hydrogen-bond acceptors (Lipinski definition) is 6. The molecule has 1 unspecified atom stereocenters. The number of fused-ring (bicyclic) bond motifs is 2. The van der Waals surface area contributed by atoms with Crippen LogP contribution in [0.1, 0.15) is 0 Å². The first kappa shape index (κ1) is 21.8. The Hall–Kier alpha value is -3.68. The summed E-state index contributed by atoms with van der Waals surface area (Å²) in [4.78, 5) is 13.9. The highest BCUT2D eigenvalue weighted by Gasteiger charge is 2.21. The first-order valence-electron chi connectivity index (χ1n) is 12.1. The molecule has 178 valence electrons. The van der Waals surface area contributed by atoms with Crippen LogP contribution in [0.3, 0.4) is 0 Å². The van der Waals surface area contributed by atoms with Crippen LogP contribution in [0, 0.1) is 0 Å².